The summed E-state index contributed by atoms with van der Waals surface area (Å²) in [7, 11) is 0. The molecular formula is C28H24N2O. The Morgan fingerprint density at radius 2 is 1.68 bits per heavy atom. The zero-order valence-electron chi connectivity index (χ0n) is 18.1. The van der Waals surface area contributed by atoms with Crippen LogP contribution in [0.25, 0.3) is 44.3 Å². The highest BCUT2D eigenvalue weighted by Crippen LogP contribution is 2.43. The Morgan fingerprint density at radius 1 is 0.871 bits per heavy atom. The fourth-order valence-electron chi connectivity index (χ4n) is 4.91. The van der Waals surface area contributed by atoms with Gasteiger partial charge in [-0.25, -0.2) is 9.97 Å². The maximum absolute atomic E-state index is 6.45. The lowest BCUT2D eigenvalue weighted by Gasteiger charge is -2.22. The first-order valence-electron chi connectivity index (χ1n) is 10.9. The van der Waals surface area contributed by atoms with Crippen LogP contribution in [0.3, 0.4) is 0 Å². The van der Waals surface area contributed by atoms with E-state index in [1.54, 1.807) is 6.33 Å². The highest BCUT2D eigenvalue weighted by atomic mass is 16.3. The molecule has 0 amide bonds. The predicted molar refractivity (Wildman–Crippen MR) is 126 cm³/mol. The lowest BCUT2D eigenvalue weighted by atomic mass is 9.82. The molecule has 5 aromatic rings. The molecule has 0 unspecified atom stereocenters. The van der Waals surface area contributed by atoms with Gasteiger partial charge in [0, 0.05) is 12.0 Å². The third kappa shape index (κ3) is 2.80. The quantitative estimate of drug-likeness (QED) is 0.299. The number of furan rings is 1. The van der Waals surface area contributed by atoms with Crippen LogP contribution in [0.4, 0.5) is 0 Å². The third-order valence-corrected chi connectivity index (χ3v) is 6.40. The van der Waals surface area contributed by atoms with E-state index in [9.17, 15) is 0 Å². The van der Waals surface area contributed by atoms with Crippen LogP contribution in [0.1, 0.15) is 37.7 Å². The normalized spacial score (nSPS) is 13.4. The number of fused-ring (bicyclic) bond motifs is 6. The Bertz CT molecular complexity index is 1470. The molecule has 6 rings (SSSR count). The summed E-state index contributed by atoms with van der Waals surface area (Å²) in [6.45, 7) is 6.78. The molecule has 3 aromatic carbocycles. The first-order valence-corrected chi connectivity index (χ1v) is 10.9. The van der Waals surface area contributed by atoms with Gasteiger partial charge in [0.05, 0.1) is 5.56 Å². The molecule has 0 radical (unpaired) electrons. The summed E-state index contributed by atoms with van der Waals surface area (Å²) < 4.78 is 6.45. The molecule has 0 atom stereocenters. The summed E-state index contributed by atoms with van der Waals surface area (Å²) in [4.78, 5) is 9.37. The van der Waals surface area contributed by atoms with Crippen LogP contribution in [0, 0.1) is 0 Å². The summed E-state index contributed by atoms with van der Waals surface area (Å²) in [6, 6.07) is 21.7. The minimum absolute atomic E-state index is 0.0170. The number of hydrogen-bond acceptors (Lipinski definition) is 3. The van der Waals surface area contributed by atoms with Crippen molar-refractivity contribution in [2.75, 3.05) is 0 Å². The van der Waals surface area contributed by atoms with E-state index < -0.39 is 0 Å². The van der Waals surface area contributed by atoms with Gasteiger partial charge in [-0.05, 0) is 51.4 Å². The fourth-order valence-corrected chi connectivity index (χ4v) is 4.91. The van der Waals surface area contributed by atoms with Crippen LogP contribution in [-0.4, -0.2) is 9.97 Å². The van der Waals surface area contributed by atoms with Gasteiger partial charge in [0.1, 0.15) is 23.3 Å². The molecule has 2 aromatic heterocycles. The van der Waals surface area contributed by atoms with Crippen molar-refractivity contribution < 1.29 is 4.42 Å². The number of hydrogen-bond donors (Lipinski definition) is 0. The first-order chi connectivity index (χ1) is 15.0. The van der Waals surface area contributed by atoms with E-state index in [1.165, 1.54) is 27.5 Å². The Labute approximate surface area is 181 Å². The fraction of sp³-hybridized carbons (Fsp3) is 0.214. The number of aryl methyl sites for hydroxylation is 2. The summed E-state index contributed by atoms with van der Waals surface area (Å²) >= 11 is 0. The van der Waals surface area contributed by atoms with Crippen molar-refractivity contribution in [1.29, 1.82) is 0 Å². The smallest absolute Gasteiger partial charge is 0.179 e. The van der Waals surface area contributed by atoms with E-state index in [0.29, 0.717) is 0 Å². The number of benzene rings is 3. The second kappa shape index (κ2) is 6.52. The van der Waals surface area contributed by atoms with Crippen LogP contribution in [-0.2, 0) is 18.3 Å². The zero-order valence-corrected chi connectivity index (χ0v) is 18.1. The Kier molecular flexibility index (Phi) is 3.85. The van der Waals surface area contributed by atoms with E-state index >= 15 is 0 Å². The van der Waals surface area contributed by atoms with E-state index in [0.717, 1.165) is 46.5 Å². The van der Waals surface area contributed by atoms with Gasteiger partial charge in [0.15, 0.2) is 5.58 Å². The van der Waals surface area contributed by atoms with Gasteiger partial charge in [0.2, 0.25) is 0 Å². The topological polar surface area (TPSA) is 38.9 Å². The number of rotatable bonds is 1. The maximum atomic E-state index is 6.45. The summed E-state index contributed by atoms with van der Waals surface area (Å²) in [5.41, 5.74) is 8.72. The molecule has 2 heterocycles. The van der Waals surface area contributed by atoms with E-state index in [1.807, 2.05) is 0 Å². The minimum Gasteiger partial charge on any atom is -0.456 e. The molecule has 1 aliphatic carbocycles. The predicted octanol–water partition coefficient (Wildman–Crippen LogP) is 7.11. The van der Waals surface area contributed by atoms with Gasteiger partial charge >= 0.3 is 0 Å². The standard InChI is InChI=1S/C28H24N2O/c1-28(2,3)22-15-19(14-18-9-5-6-10-20(18)22)25-27-26(30-16-29-25)24-21-11-7-4-8-17(21)12-13-23(24)31-27/h4-11,14-16H,12-13H2,1-3H3. The van der Waals surface area contributed by atoms with Crippen molar-refractivity contribution in [2.45, 2.75) is 39.0 Å². The van der Waals surface area contributed by atoms with Gasteiger partial charge in [-0.3, -0.25) is 0 Å². The van der Waals surface area contributed by atoms with Gasteiger partial charge in [-0.2, -0.15) is 0 Å². The molecule has 0 aliphatic heterocycles. The van der Waals surface area contributed by atoms with Crippen molar-refractivity contribution in [3.05, 3.63) is 83.9 Å². The lowest BCUT2D eigenvalue weighted by Crippen LogP contribution is -2.12. The van der Waals surface area contributed by atoms with Crippen LogP contribution < -0.4 is 0 Å². The molecular weight excluding hydrogens is 380 g/mol. The summed E-state index contributed by atoms with van der Waals surface area (Å²) in [6.07, 6.45) is 3.57. The molecule has 0 spiro atoms. The molecule has 0 N–H and O–H groups in total. The minimum atomic E-state index is 0.0170. The van der Waals surface area contributed by atoms with Gasteiger partial charge in [0.25, 0.3) is 0 Å². The highest BCUT2D eigenvalue weighted by molar-refractivity contribution is 6.01. The van der Waals surface area contributed by atoms with Crippen molar-refractivity contribution in [1.82, 2.24) is 9.97 Å². The van der Waals surface area contributed by atoms with Gasteiger partial charge in [-0.15, -0.1) is 0 Å². The Balaban J connectivity index is 1.64. The highest BCUT2D eigenvalue weighted by Gasteiger charge is 2.26. The molecule has 0 fully saturated rings. The molecule has 152 valence electrons. The molecule has 1 aliphatic rings. The molecule has 3 nitrogen and oxygen atoms in total. The van der Waals surface area contributed by atoms with Crippen LogP contribution in [0.5, 0.6) is 0 Å². The molecule has 0 saturated carbocycles. The summed E-state index contributed by atoms with van der Waals surface area (Å²) in [5.74, 6) is 1.02. The van der Waals surface area contributed by atoms with Crippen LogP contribution in [0.2, 0.25) is 0 Å². The SMILES string of the molecule is CC(C)(C)c1cc(-c2ncnc3c4c(oc23)CCc2ccccc2-4)cc2ccccc12. The van der Waals surface area contributed by atoms with Crippen LogP contribution in [0.15, 0.2) is 71.4 Å². The largest absolute Gasteiger partial charge is 0.456 e. The second-order valence-electron chi connectivity index (χ2n) is 9.45. The van der Waals surface area contributed by atoms with E-state index in [2.05, 4.69) is 86.4 Å². The molecule has 0 bridgehead atoms. The average molecular weight is 405 g/mol. The van der Waals surface area contributed by atoms with Crippen molar-refractivity contribution in [3.63, 3.8) is 0 Å². The first kappa shape index (κ1) is 18.3. The molecule has 3 heteroatoms. The second-order valence-corrected chi connectivity index (χ2v) is 9.45. The van der Waals surface area contributed by atoms with Crippen LogP contribution >= 0.6 is 0 Å². The summed E-state index contributed by atoms with van der Waals surface area (Å²) in [5, 5.41) is 2.51. The Morgan fingerprint density at radius 3 is 2.55 bits per heavy atom. The monoisotopic (exact) mass is 404 g/mol. The van der Waals surface area contributed by atoms with E-state index in [4.69, 9.17) is 9.40 Å². The third-order valence-electron chi connectivity index (χ3n) is 6.40. The van der Waals surface area contributed by atoms with Gasteiger partial charge < -0.3 is 4.42 Å². The van der Waals surface area contributed by atoms with Gasteiger partial charge in [-0.1, -0.05) is 69.3 Å². The van der Waals surface area contributed by atoms with Crippen molar-refractivity contribution in [3.8, 4) is 22.4 Å². The number of aromatic nitrogens is 2. The van der Waals surface area contributed by atoms with Crippen molar-refractivity contribution >= 4 is 21.9 Å². The zero-order chi connectivity index (χ0) is 21.2. The van der Waals surface area contributed by atoms with Crippen molar-refractivity contribution in [2.24, 2.45) is 0 Å². The lowest BCUT2D eigenvalue weighted by molar-refractivity contribution is 0.545. The number of nitrogens with zero attached hydrogens (tertiary/aromatic N) is 2. The average Bonchev–Trinajstić information content (AvgIpc) is 3.17. The van der Waals surface area contributed by atoms with E-state index in [-0.39, 0.29) is 5.41 Å². The molecule has 0 saturated heterocycles. The Hall–Kier alpha value is -3.46. The maximum Gasteiger partial charge on any atom is 0.179 e. The molecule has 31 heavy (non-hydrogen) atoms.